The van der Waals surface area contributed by atoms with E-state index in [2.05, 4.69) is 39.2 Å². The van der Waals surface area contributed by atoms with Crippen molar-refractivity contribution in [3.05, 3.63) is 23.2 Å². The van der Waals surface area contributed by atoms with Crippen LogP contribution in [0.2, 0.25) is 23.2 Å². The molecule has 0 unspecified atom stereocenters. The summed E-state index contributed by atoms with van der Waals surface area (Å²) in [7, 11) is -2.00. The highest BCUT2D eigenvalue weighted by Gasteiger charge is 2.39. The van der Waals surface area contributed by atoms with Gasteiger partial charge in [-0.1, -0.05) is 32.4 Å². The first-order valence-corrected chi connectivity index (χ1v) is 9.30. The van der Waals surface area contributed by atoms with Gasteiger partial charge in [-0.3, -0.25) is 5.32 Å². The van der Waals surface area contributed by atoms with Crippen molar-refractivity contribution in [3.63, 3.8) is 0 Å². The number of halogens is 1. The van der Waals surface area contributed by atoms with Gasteiger partial charge in [0.15, 0.2) is 0 Å². The van der Waals surface area contributed by atoms with Crippen molar-refractivity contribution >= 4 is 31.7 Å². The van der Waals surface area contributed by atoms with Crippen LogP contribution in [0.5, 0.6) is 5.75 Å². The Morgan fingerprint density at radius 2 is 1.95 bits per heavy atom. The molecule has 0 bridgehead atoms. The highest BCUT2D eigenvalue weighted by atomic mass is 35.5. The summed E-state index contributed by atoms with van der Waals surface area (Å²) in [5.74, 6) is 0.527. The second-order valence-electron chi connectivity index (χ2n) is 5.94. The SMILES string of the molecule is CC(C)(C)[Si](C)(C)Oc1cc(NC(=O)O)ccc1Cl. The maximum atomic E-state index is 10.6. The highest BCUT2D eigenvalue weighted by molar-refractivity contribution is 6.74. The number of nitrogens with one attached hydrogen (secondary N) is 1. The predicted molar refractivity (Wildman–Crippen MR) is 80.9 cm³/mol. The summed E-state index contributed by atoms with van der Waals surface area (Å²) in [4.78, 5) is 10.6. The molecule has 6 heteroatoms. The van der Waals surface area contributed by atoms with Crippen molar-refractivity contribution in [2.45, 2.75) is 38.9 Å². The van der Waals surface area contributed by atoms with Crippen LogP contribution in [0.1, 0.15) is 20.8 Å². The largest absolute Gasteiger partial charge is 0.542 e. The smallest absolute Gasteiger partial charge is 0.409 e. The molecule has 1 rings (SSSR count). The van der Waals surface area contributed by atoms with E-state index in [9.17, 15) is 4.79 Å². The first-order chi connectivity index (χ1) is 8.53. The van der Waals surface area contributed by atoms with Gasteiger partial charge in [0.1, 0.15) is 5.75 Å². The Morgan fingerprint density at radius 1 is 1.37 bits per heavy atom. The number of hydrogen-bond donors (Lipinski definition) is 2. The molecule has 19 heavy (non-hydrogen) atoms. The van der Waals surface area contributed by atoms with Gasteiger partial charge in [0.05, 0.1) is 5.02 Å². The van der Waals surface area contributed by atoms with Crippen molar-refractivity contribution in [1.29, 1.82) is 0 Å². The summed E-state index contributed by atoms with van der Waals surface area (Å²) in [6.45, 7) is 10.6. The molecule has 0 saturated heterocycles. The third kappa shape index (κ3) is 4.14. The molecule has 1 amide bonds. The number of anilines is 1. The predicted octanol–water partition coefficient (Wildman–Crippen LogP) is 4.81. The second kappa shape index (κ2) is 5.42. The van der Waals surface area contributed by atoms with Crippen LogP contribution in [0.3, 0.4) is 0 Å². The number of carbonyl (C=O) groups is 1. The molecule has 0 saturated carbocycles. The maximum absolute atomic E-state index is 10.6. The van der Waals surface area contributed by atoms with Gasteiger partial charge in [-0.05, 0) is 30.3 Å². The zero-order chi connectivity index (χ0) is 14.8. The van der Waals surface area contributed by atoms with E-state index in [1.54, 1.807) is 18.2 Å². The molecule has 2 N–H and O–H groups in total. The van der Waals surface area contributed by atoms with Crippen LogP contribution >= 0.6 is 11.6 Å². The normalized spacial score (nSPS) is 12.1. The molecule has 1 aromatic rings. The van der Waals surface area contributed by atoms with Gasteiger partial charge in [-0.25, -0.2) is 4.79 Å². The minimum Gasteiger partial charge on any atom is -0.542 e. The topological polar surface area (TPSA) is 58.6 Å². The zero-order valence-corrected chi connectivity index (χ0v) is 13.6. The summed E-state index contributed by atoms with van der Waals surface area (Å²) >= 11 is 6.11. The average molecular weight is 302 g/mol. The standard InChI is InChI=1S/C13H20ClNO3Si/c1-13(2,3)19(4,5)18-11-8-9(15-12(16)17)6-7-10(11)14/h6-8,15H,1-5H3,(H,16,17). The van der Waals surface area contributed by atoms with Crippen molar-refractivity contribution in [1.82, 2.24) is 0 Å². The molecule has 106 valence electrons. The van der Waals surface area contributed by atoms with E-state index in [0.29, 0.717) is 16.5 Å². The summed E-state index contributed by atoms with van der Waals surface area (Å²) in [6.07, 6.45) is -1.11. The Bertz CT molecular complexity index is 483. The molecule has 4 nitrogen and oxygen atoms in total. The molecule has 0 aromatic heterocycles. The molecular formula is C13H20ClNO3Si. The van der Waals surface area contributed by atoms with E-state index in [1.807, 2.05) is 0 Å². The van der Waals surface area contributed by atoms with Gasteiger partial charge >= 0.3 is 6.09 Å². The molecule has 0 aliphatic rings. The van der Waals surface area contributed by atoms with E-state index in [-0.39, 0.29) is 5.04 Å². The van der Waals surface area contributed by atoms with Gasteiger partial charge in [0.25, 0.3) is 8.32 Å². The summed E-state index contributed by atoms with van der Waals surface area (Å²) in [5.41, 5.74) is 0.450. The third-order valence-corrected chi connectivity index (χ3v) is 8.01. The molecule has 0 radical (unpaired) electrons. The third-order valence-electron chi connectivity index (χ3n) is 3.35. The minimum atomic E-state index is -2.00. The van der Waals surface area contributed by atoms with Gasteiger partial charge < -0.3 is 9.53 Å². The summed E-state index contributed by atoms with van der Waals surface area (Å²) < 4.78 is 6.09. The summed E-state index contributed by atoms with van der Waals surface area (Å²) in [5, 5.41) is 11.5. The minimum absolute atomic E-state index is 0.0482. The number of benzene rings is 1. The lowest BCUT2D eigenvalue weighted by molar-refractivity contribution is 0.210. The summed E-state index contributed by atoms with van der Waals surface area (Å²) in [6, 6.07) is 4.86. The first kappa shape index (κ1) is 15.9. The Morgan fingerprint density at radius 3 is 2.42 bits per heavy atom. The van der Waals surface area contributed by atoms with Crippen LogP contribution < -0.4 is 9.74 Å². The quantitative estimate of drug-likeness (QED) is 0.787. The molecule has 0 aliphatic carbocycles. The Kier molecular flexibility index (Phi) is 4.53. The fraction of sp³-hybridized carbons (Fsp3) is 0.462. The lowest BCUT2D eigenvalue weighted by atomic mass is 10.2. The van der Waals surface area contributed by atoms with Crippen LogP contribution in [0, 0.1) is 0 Å². The van der Waals surface area contributed by atoms with Gasteiger partial charge in [0.2, 0.25) is 0 Å². The van der Waals surface area contributed by atoms with Crippen LogP contribution in [-0.4, -0.2) is 19.5 Å². The molecule has 0 aliphatic heterocycles. The Balaban J connectivity index is 3.04. The fourth-order valence-corrected chi connectivity index (χ4v) is 2.46. The average Bonchev–Trinajstić information content (AvgIpc) is 2.20. The molecule has 1 aromatic carbocycles. The van der Waals surface area contributed by atoms with E-state index in [0.717, 1.165) is 0 Å². The van der Waals surface area contributed by atoms with Crippen molar-refractivity contribution in [3.8, 4) is 5.75 Å². The number of hydrogen-bond acceptors (Lipinski definition) is 2. The van der Waals surface area contributed by atoms with E-state index >= 15 is 0 Å². The zero-order valence-electron chi connectivity index (χ0n) is 11.9. The van der Waals surface area contributed by atoms with Crippen molar-refractivity contribution in [2.75, 3.05) is 5.32 Å². The molecule has 0 atom stereocenters. The van der Waals surface area contributed by atoms with Crippen LogP contribution in [0.15, 0.2) is 18.2 Å². The number of amides is 1. The lowest BCUT2D eigenvalue weighted by Crippen LogP contribution is -2.43. The van der Waals surface area contributed by atoms with E-state index in [1.165, 1.54) is 0 Å². The first-order valence-electron chi connectivity index (χ1n) is 6.01. The Labute approximate surface area is 119 Å². The number of carboxylic acid groups (broad SMARTS) is 1. The van der Waals surface area contributed by atoms with Crippen LogP contribution in [0.4, 0.5) is 10.5 Å². The van der Waals surface area contributed by atoms with Gasteiger partial charge in [-0.2, -0.15) is 0 Å². The van der Waals surface area contributed by atoms with E-state index in [4.69, 9.17) is 21.1 Å². The van der Waals surface area contributed by atoms with E-state index < -0.39 is 14.4 Å². The molecular weight excluding hydrogens is 282 g/mol. The fourth-order valence-electron chi connectivity index (χ4n) is 1.21. The van der Waals surface area contributed by atoms with Gasteiger partial charge in [-0.15, -0.1) is 0 Å². The molecule has 0 fully saturated rings. The maximum Gasteiger partial charge on any atom is 0.409 e. The second-order valence-corrected chi connectivity index (χ2v) is 11.1. The molecule has 0 heterocycles. The Hall–Kier alpha value is -1.20. The highest BCUT2D eigenvalue weighted by Crippen LogP contribution is 2.39. The molecule has 0 spiro atoms. The number of rotatable bonds is 3. The van der Waals surface area contributed by atoms with Crippen molar-refractivity contribution in [2.24, 2.45) is 0 Å². The monoisotopic (exact) mass is 301 g/mol. The van der Waals surface area contributed by atoms with Gasteiger partial charge in [0, 0.05) is 11.8 Å². The van der Waals surface area contributed by atoms with Crippen molar-refractivity contribution < 1.29 is 14.3 Å². The van der Waals surface area contributed by atoms with Crippen LogP contribution in [-0.2, 0) is 0 Å². The van der Waals surface area contributed by atoms with Crippen LogP contribution in [0.25, 0.3) is 0 Å². The lowest BCUT2D eigenvalue weighted by Gasteiger charge is -2.36.